The lowest BCUT2D eigenvalue weighted by molar-refractivity contribution is 0.538. The third-order valence-electron chi connectivity index (χ3n) is 2.34. The van der Waals surface area contributed by atoms with Gasteiger partial charge < -0.3 is 4.43 Å². The SMILES string of the molecule is CCCC[Si](C)(C)Oc1ccc(F)cc1. The average molecular weight is 226 g/mol. The third kappa shape index (κ3) is 4.47. The number of rotatable bonds is 5. The summed E-state index contributed by atoms with van der Waals surface area (Å²) >= 11 is 0. The molecule has 3 heteroatoms. The number of hydrogen-bond donors (Lipinski definition) is 0. The van der Waals surface area contributed by atoms with E-state index in [0.29, 0.717) is 0 Å². The van der Waals surface area contributed by atoms with Crippen molar-refractivity contribution in [3.05, 3.63) is 30.1 Å². The van der Waals surface area contributed by atoms with Crippen molar-refractivity contribution < 1.29 is 8.82 Å². The van der Waals surface area contributed by atoms with Crippen LogP contribution in [0.1, 0.15) is 19.8 Å². The zero-order valence-electron chi connectivity index (χ0n) is 9.72. The van der Waals surface area contributed by atoms with E-state index in [2.05, 4.69) is 20.0 Å². The Morgan fingerprint density at radius 1 is 1.20 bits per heavy atom. The van der Waals surface area contributed by atoms with Crippen molar-refractivity contribution in [2.75, 3.05) is 0 Å². The van der Waals surface area contributed by atoms with Crippen LogP contribution in [0.3, 0.4) is 0 Å². The van der Waals surface area contributed by atoms with Crippen LogP contribution in [0, 0.1) is 5.82 Å². The number of hydrogen-bond acceptors (Lipinski definition) is 1. The summed E-state index contributed by atoms with van der Waals surface area (Å²) in [6, 6.07) is 7.45. The van der Waals surface area contributed by atoms with Crippen LogP contribution in [0.4, 0.5) is 4.39 Å². The van der Waals surface area contributed by atoms with Crippen LogP contribution in [0.2, 0.25) is 19.1 Å². The van der Waals surface area contributed by atoms with Crippen LogP contribution in [0.5, 0.6) is 5.75 Å². The molecule has 1 aromatic carbocycles. The standard InChI is InChI=1S/C12H19FOSi/c1-4-5-10-15(2,3)14-12-8-6-11(13)7-9-12/h6-9H,4-5,10H2,1-3H3. The highest BCUT2D eigenvalue weighted by Crippen LogP contribution is 2.20. The lowest BCUT2D eigenvalue weighted by Crippen LogP contribution is -2.33. The van der Waals surface area contributed by atoms with Gasteiger partial charge in [-0.15, -0.1) is 0 Å². The first-order chi connectivity index (χ1) is 7.03. The van der Waals surface area contributed by atoms with Gasteiger partial charge in [-0.2, -0.15) is 0 Å². The maximum Gasteiger partial charge on any atom is 0.245 e. The predicted molar refractivity (Wildman–Crippen MR) is 64.2 cm³/mol. The highest BCUT2D eigenvalue weighted by atomic mass is 28.4. The van der Waals surface area contributed by atoms with Crippen molar-refractivity contribution in [1.29, 1.82) is 0 Å². The molecular formula is C12H19FOSi. The molecule has 0 aliphatic rings. The van der Waals surface area contributed by atoms with Crippen molar-refractivity contribution in [3.8, 4) is 5.75 Å². The maximum atomic E-state index is 12.7. The smallest absolute Gasteiger partial charge is 0.245 e. The topological polar surface area (TPSA) is 9.23 Å². The van der Waals surface area contributed by atoms with Crippen LogP contribution in [-0.4, -0.2) is 8.32 Å². The zero-order valence-corrected chi connectivity index (χ0v) is 10.7. The Balaban J connectivity index is 2.56. The Morgan fingerprint density at radius 2 is 1.80 bits per heavy atom. The van der Waals surface area contributed by atoms with Gasteiger partial charge in [-0.25, -0.2) is 4.39 Å². The molecule has 1 aromatic rings. The Morgan fingerprint density at radius 3 is 2.33 bits per heavy atom. The molecule has 0 aromatic heterocycles. The second kappa shape index (κ2) is 5.31. The summed E-state index contributed by atoms with van der Waals surface area (Å²) in [5.41, 5.74) is 0. The van der Waals surface area contributed by atoms with Crippen LogP contribution in [-0.2, 0) is 0 Å². The molecule has 0 fully saturated rings. The highest BCUT2D eigenvalue weighted by Gasteiger charge is 2.23. The first kappa shape index (κ1) is 12.2. The maximum absolute atomic E-state index is 12.7. The fourth-order valence-electron chi connectivity index (χ4n) is 1.48. The normalized spacial score (nSPS) is 11.5. The molecule has 0 saturated heterocycles. The molecular weight excluding hydrogens is 207 g/mol. The molecule has 0 aliphatic heterocycles. The molecule has 84 valence electrons. The van der Waals surface area contributed by atoms with Crippen molar-refractivity contribution >= 4 is 8.32 Å². The molecule has 0 saturated carbocycles. The first-order valence-electron chi connectivity index (χ1n) is 5.48. The Bertz CT molecular complexity index is 295. The Hall–Kier alpha value is -0.833. The van der Waals surface area contributed by atoms with Crippen molar-refractivity contribution in [2.45, 2.75) is 38.9 Å². The quantitative estimate of drug-likeness (QED) is 0.683. The summed E-state index contributed by atoms with van der Waals surface area (Å²) in [6.07, 6.45) is 2.41. The molecule has 0 spiro atoms. The fourth-order valence-corrected chi connectivity index (χ4v) is 3.56. The van der Waals surface area contributed by atoms with Crippen LogP contribution < -0.4 is 4.43 Å². The van der Waals surface area contributed by atoms with Crippen molar-refractivity contribution in [2.24, 2.45) is 0 Å². The minimum atomic E-state index is -1.60. The average Bonchev–Trinajstić information content (AvgIpc) is 2.18. The summed E-state index contributed by atoms with van der Waals surface area (Å²) in [5, 5.41) is 0. The summed E-state index contributed by atoms with van der Waals surface area (Å²) in [4.78, 5) is 0. The fraction of sp³-hybridized carbons (Fsp3) is 0.500. The molecule has 1 nitrogen and oxygen atoms in total. The van der Waals surface area contributed by atoms with Gasteiger partial charge in [0, 0.05) is 0 Å². The van der Waals surface area contributed by atoms with E-state index in [9.17, 15) is 4.39 Å². The first-order valence-corrected chi connectivity index (χ1v) is 8.59. The van der Waals surface area contributed by atoms with Gasteiger partial charge >= 0.3 is 0 Å². The molecule has 0 heterocycles. The van der Waals surface area contributed by atoms with Gasteiger partial charge in [0.05, 0.1) is 0 Å². The van der Waals surface area contributed by atoms with Crippen LogP contribution in [0.25, 0.3) is 0 Å². The van der Waals surface area contributed by atoms with E-state index in [1.807, 2.05) is 0 Å². The van der Waals surface area contributed by atoms with Gasteiger partial charge in [0.25, 0.3) is 0 Å². The second-order valence-corrected chi connectivity index (χ2v) is 8.64. The molecule has 0 radical (unpaired) electrons. The zero-order chi connectivity index (χ0) is 11.3. The van der Waals surface area contributed by atoms with Crippen molar-refractivity contribution in [3.63, 3.8) is 0 Å². The molecule has 0 N–H and O–H groups in total. The van der Waals surface area contributed by atoms with Crippen molar-refractivity contribution in [1.82, 2.24) is 0 Å². The molecule has 0 aliphatic carbocycles. The molecule has 15 heavy (non-hydrogen) atoms. The Labute approximate surface area is 92.4 Å². The van der Waals surface area contributed by atoms with Crippen LogP contribution in [0.15, 0.2) is 24.3 Å². The lowest BCUT2D eigenvalue weighted by atomic mass is 10.3. The monoisotopic (exact) mass is 226 g/mol. The predicted octanol–water partition coefficient (Wildman–Crippen LogP) is 4.21. The molecule has 0 bridgehead atoms. The summed E-state index contributed by atoms with van der Waals surface area (Å²) in [7, 11) is -1.60. The van der Waals surface area contributed by atoms with Gasteiger partial charge in [0.1, 0.15) is 11.6 Å². The molecule has 0 unspecified atom stereocenters. The minimum Gasteiger partial charge on any atom is -0.544 e. The highest BCUT2D eigenvalue weighted by molar-refractivity contribution is 6.71. The largest absolute Gasteiger partial charge is 0.544 e. The third-order valence-corrected chi connectivity index (χ3v) is 4.69. The van der Waals surface area contributed by atoms with E-state index < -0.39 is 8.32 Å². The van der Waals surface area contributed by atoms with E-state index in [-0.39, 0.29) is 5.82 Å². The summed E-state index contributed by atoms with van der Waals surface area (Å²) in [6.45, 7) is 6.58. The summed E-state index contributed by atoms with van der Waals surface area (Å²) < 4.78 is 18.6. The van der Waals surface area contributed by atoms with E-state index in [0.717, 1.165) is 11.8 Å². The summed E-state index contributed by atoms with van der Waals surface area (Å²) in [5.74, 6) is 0.583. The minimum absolute atomic E-state index is 0.213. The van der Waals surface area contributed by atoms with Crippen LogP contribution >= 0.6 is 0 Å². The number of unbranched alkanes of at least 4 members (excludes halogenated alkanes) is 1. The van der Waals surface area contributed by atoms with E-state index in [1.165, 1.54) is 25.0 Å². The molecule has 0 atom stereocenters. The van der Waals surface area contributed by atoms with E-state index in [4.69, 9.17) is 4.43 Å². The molecule has 0 amide bonds. The van der Waals surface area contributed by atoms with Gasteiger partial charge in [-0.1, -0.05) is 19.8 Å². The molecule has 1 rings (SSSR count). The number of halogens is 1. The van der Waals surface area contributed by atoms with E-state index in [1.54, 1.807) is 12.1 Å². The second-order valence-electron chi connectivity index (χ2n) is 4.42. The number of benzene rings is 1. The van der Waals surface area contributed by atoms with Gasteiger partial charge in [0.2, 0.25) is 8.32 Å². The van der Waals surface area contributed by atoms with E-state index >= 15 is 0 Å². The van der Waals surface area contributed by atoms with Gasteiger partial charge in [-0.05, 0) is 43.4 Å². The van der Waals surface area contributed by atoms with Gasteiger partial charge in [0.15, 0.2) is 0 Å². The van der Waals surface area contributed by atoms with Gasteiger partial charge in [-0.3, -0.25) is 0 Å². The lowest BCUT2D eigenvalue weighted by Gasteiger charge is -2.23. The Kier molecular flexibility index (Phi) is 4.33.